The highest BCUT2D eigenvalue weighted by molar-refractivity contribution is 7.98. The van der Waals surface area contributed by atoms with Crippen LogP contribution in [0.25, 0.3) is 11.3 Å². The van der Waals surface area contributed by atoms with Gasteiger partial charge in [0.25, 0.3) is 5.56 Å². The molecule has 1 saturated carbocycles. The quantitative estimate of drug-likeness (QED) is 0.674. The largest absolute Gasteiger partial charge is 0.492 e. The molecular weight excluding hydrogens is 402 g/mol. The molecule has 0 atom stereocenters. The molecule has 28 heavy (non-hydrogen) atoms. The summed E-state index contributed by atoms with van der Waals surface area (Å²) in [5, 5.41) is 9.90. The third-order valence-electron chi connectivity index (χ3n) is 4.88. The zero-order valence-corrected chi connectivity index (χ0v) is 16.9. The van der Waals surface area contributed by atoms with Gasteiger partial charge < -0.3 is 19.1 Å². The van der Waals surface area contributed by atoms with Gasteiger partial charge in [-0.05, 0) is 36.6 Å². The van der Waals surface area contributed by atoms with E-state index in [-0.39, 0.29) is 11.6 Å². The molecule has 1 aromatic heterocycles. The number of carboxylic acids is 1. The molecular formula is C20H20ClNO5S. The molecule has 6 nitrogen and oxygen atoms in total. The lowest BCUT2D eigenvalue weighted by Gasteiger charge is -2.25. The summed E-state index contributed by atoms with van der Waals surface area (Å²) >= 11 is 8.06. The van der Waals surface area contributed by atoms with Crippen LogP contribution in [-0.2, 0) is 10.5 Å². The summed E-state index contributed by atoms with van der Waals surface area (Å²) in [6, 6.07) is 5.30. The fourth-order valence-corrected chi connectivity index (χ4v) is 4.68. The van der Waals surface area contributed by atoms with Crippen molar-refractivity contribution in [2.75, 3.05) is 20.3 Å². The van der Waals surface area contributed by atoms with Crippen molar-refractivity contribution >= 4 is 29.3 Å². The fraction of sp³-hybridized carbons (Fsp3) is 0.400. The molecule has 1 aromatic carbocycles. The molecule has 0 unspecified atom stereocenters. The first-order valence-corrected chi connectivity index (χ1v) is 10.5. The van der Waals surface area contributed by atoms with Gasteiger partial charge in [0.05, 0.1) is 17.3 Å². The van der Waals surface area contributed by atoms with Crippen molar-refractivity contribution < 1.29 is 19.4 Å². The van der Waals surface area contributed by atoms with E-state index in [0.29, 0.717) is 29.7 Å². The van der Waals surface area contributed by atoms with Crippen LogP contribution in [0.2, 0.25) is 5.02 Å². The molecule has 1 aliphatic carbocycles. The monoisotopic (exact) mass is 421 g/mol. The van der Waals surface area contributed by atoms with Gasteiger partial charge in [-0.25, -0.2) is 4.79 Å². The van der Waals surface area contributed by atoms with Crippen molar-refractivity contribution in [2.45, 2.75) is 36.0 Å². The van der Waals surface area contributed by atoms with Gasteiger partial charge in [0, 0.05) is 42.4 Å². The summed E-state index contributed by atoms with van der Waals surface area (Å²) in [6.07, 6.45) is 2.53. The highest BCUT2D eigenvalue weighted by atomic mass is 35.5. The zero-order valence-electron chi connectivity index (χ0n) is 15.4. The Morgan fingerprint density at radius 1 is 1.32 bits per heavy atom. The van der Waals surface area contributed by atoms with Crippen LogP contribution in [-0.4, -0.2) is 36.0 Å². The van der Waals surface area contributed by atoms with Gasteiger partial charge in [-0.15, -0.1) is 11.8 Å². The van der Waals surface area contributed by atoms with Gasteiger partial charge >= 0.3 is 5.97 Å². The van der Waals surface area contributed by atoms with Crippen molar-refractivity contribution in [1.29, 1.82) is 0 Å². The number of rotatable bonds is 7. The topological polar surface area (TPSA) is 77.8 Å². The van der Waals surface area contributed by atoms with Crippen LogP contribution in [0.4, 0.5) is 0 Å². The Hall–Kier alpha value is -1.96. The number of hydrogen-bond donors (Lipinski definition) is 1. The van der Waals surface area contributed by atoms with Crippen LogP contribution in [0.3, 0.4) is 0 Å². The molecule has 0 spiro atoms. The average Bonchev–Trinajstić information content (AvgIpc) is 3.50. The van der Waals surface area contributed by atoms with Gasteiger partial charge in [-0.1, -0.05) is 11.6 Å². The van der Waals surface area contributed by atoms with Crippen molar-refractivity contribution in [2.24, 2.45) is 0 Å². The van der Waals surface area contributed by atoms with Crippen LogP contribution < -0.4 is 10.3 Å². The summed E-state index contributed by atoms with van der Waals surface area (Å²) in [6.45, 7) is 1.12. The van der Waals surface area contributed by atoms with E-state index in [1.165, 1.54) is 6.07 Å². The van der Waals surface area contributed by atoms with Gasteiger partial charge in [-0.2, -0.15) is 0 Å². The van der Waals surface area contributed by atoms with E-state index in [4.69, 9.17) is 21.1 Å². The Morgan fingerprint density at radius 2 is 2.11 bits per heavy atom. The molecule has 1 N–H and O–H groups in total. The maximum absolute atomic E-state index is 12.8. The third-order valence-corrected chi connectivity index (χ3v) is 6.28. The van der Waals surface area contributed by atoms with Crippen LogP contribution >= 0.6 is 23.4 Å². The predicted octanol–water partition coefficient (Wildman–Crippen LogP) is 4.22. The highest BCUT2D eigenvalue weighted by Gasteiger charge is 2.33. The number of aromatic carboxylic acids is 1. The molecule has 0 saturated heterocycles. The summed E-state index contributed by atoms with van der Waals surface area (Å²) < 4.78 is 12.5. The second-order valence-corrected chi connectivity index (χ2v) is 8.33. The van der Waals surface area contributed by atoms with Gasteiger partial charge in [-0.3, -0.25) is 4.79 Å². The van der Waals surface area contributed by atoms with E-state index in [2.05, 4.69) is 0 Å². The molecule has 148 valence electrons. The number of fused-ring (bicyclic) bond motifs is 3. The summed E-state index contributed by atoms with van der Waals surface area (Å²) in [5.41, 5.74) is 1.90. The lowest BCUT2D eigenvalue weighted by molar-refractivity contribution is 0.0694. The highest BCUT2D eigenvalue weighted by Crippen LogP contribution is 2.48. The summed E-state index contributed by atoms with van der Waals surface area (Å²) in [7, 11) is 1.65. The van der Waals surface area contributed by atoms with E-state index in [0.717, 1.165) is 41.0 Å². The Bertz CT molecular complexity index is 999. The minimum absolute atomic E-state index is 0.0558. The fourth-order valence-electron chi connectivity index (χ4n) is 3.43. The number of benzene rings is 1. The molecule has 2 heterocycles. The number of methoxy groups -OCH3 is 1. The summed E-state index contributed by atoms with van der Waals surface area (Å²) in [4.78, 5) is 25.3. The molecule has 2 aliphatic rings. The van der Waals surface area contributed by atoms with Crippen LogP contribution in [0.5, 0.6) is 5.75 Å². The van der Waals surface area contributed by atoms with E-state index in [9.17, 15) is 14.7 Å². The van der Waals surface area contributed by atoms with E-state index >= 15 is 0 Å². The number of carboxylic acid groups (broad SMARTS) is 1. The molecule has 1 fully saturated rings. The maximum atomic E-state index is 12.8. The van der Waals surface area contributed by atoms with Crippen LogP contribution in [0.15, 0.2) is 27.9 Å². The number of nitrogens with zero attached hydrogens (tertiary/aromatic N) is 1. The summed E-state index contributed by atoms with van der Waals surface area (Å²) in [5.74, 6) is 0.0196. The van der Waals surface area contributed by atoms with Gasteiger partial charge in [0.1, 0.15) is 11.3 Å². The molecule has 0 bridgehead atoms. The predicted molar refractivity (Wildman–Crippen MR) is 108 cm³/mol. The standard InChI is InChI=1S/C20H20ClNO5S/c1-26-5-2-6-27-16-9-17-13(8-15(16)21)18-11(10-28-17)7-14(20(24)25)19(23)22(18)12-3-4-12/h7-9,12H,2-6,10H2,1H3,(H,24,25). The number of carbonyl (C=O) groups is 1. The Balaban J connectivity index is 1.78. The zero-order chi connectivity index (χ0) is 19.8. The van der Waals surface area contributed by atoms with E-state index < -0.39 is 11.5 Å². The molecule has 1 aliphatic heterocycles. The number of hydrogen-bond acceptors (Lipinski definition) is 5. The van der Waals surface area contributed by atoms with E-state index in [1.807, 2.05) is 12.1 Å². The Morgan fingerprint density at radius 3 is 2.79 bits per heavy atom. The first-order valence-electron chi connectivity index (χ1n) is 9.11. The van der Waals surface area contributed by atoms with Gasteiger partial charge in [0.15, 0.2) is 0 Å². The van der Waals surface area contributed by atoms with Crippen molar-refractivity contribution in [1.82, 2.24) is 4.57 Å². The lowest BCUT2D eigenvalue weighted by atomic mass is 10.0. The van der Waals surface area contributed by atoms with Crippen molar-refractivity contribution in [3.8, 4) is 17.0 Å². The molecule has 0 radical (unpaired) electrons. The SMILES string of the molecule is COCCCOc1cc2c(cc1Cl)-c1c(cc(C(=O)O)c(=O)n1C1CC1)CS2. The number of halogens is 1. The Labute approximate surface area is 171 Å². The number of ether oxygens (including phenoxy) is 2. The average molecular weight is 422 g/mol. The second kappa shape index (κ2) is 7.81. The lowest BCUT2D eigenvalue weighted by Crippen LogP contribution is -2.29. The number of thioether (sulfide) groups is 1. The van der Waals surface area contributed by atoms with Crippen molar-refractivity contribution in [3.63, 3.8) is 0 Å². The first-order chi connectivity index (χ1) is 13.5. The minimum Gasteiger partial charge on any atom is -0.492 e. The smallest absolute Gasteiger partial charge is 0.341 e. The van der Waals surface area contributed by atoms with Crippen molar-refractivity contribution in [3.05, 3.63) is 44.7 Å². The van der Waals surface area contributed by atoms with Gasteiger partial charge in [0.2, 0.25) is 0 Å². The van der Waals surface area contributed by atoms with Crippen LogP contribution in [0.1, 0.15) is 41.2 Å². The number of aromatic nitrogens is 1. The minimum atomic E-state index is -1.18. The maximum Gasteiger partial charge on any atom is 0.341 e. The third kappa shape index (κ3) is 3.54. The molecule has 0 amide bonds. The van der Waals surface area contributed by atoms with Crippen LogP contribution in [0, 0.1) is 0 Å². The molecule has 2 aromatic rings. The van der Waals surface area contributed by atoms with E-state index in [1.54, 1.807) is 23.4 Å². The first kappa shape index (κ1) is 19.4. The normalized spacial score (nSPS) is 15.1. The molecule has 4 rings (SSSR count). The Kier molecular flexibility index (Phi) is 5.40. The second-order valence-electron chi connectivity index (χ2n) is 6.91. The molecule has 8 heteroatoms. The number of pyridine rings is 1.